The van der Waals surface area contributed by atoms with Gasteiger partial charge in [0, 0.05) is 44.2 Å². The molecule has 2 aromatic carbocycles. The number of phenols is 1. The third kappa shape index (κ3) is 5.31. The molecule has 2 N–H and O–H groups in total. The number of halogens is 5. The Balaban J connectivity index is 1.38. The van der Waals surface area contributed by atoms with E-state index in [9.17, 15) is 27.8 Å². The number of nitrogens with zero attached hydrogens (tertiary/aromatic N) is 5. The molecule has 3 aliphatic heterocycles. The van der Waals surface area contributed by atoms with Gasteiger partial charge in [0.05, 0.1) is 10.9 Å². The zero-order valence-electron chi connectivity index (χ0n) is 26.2. The maximum absolute atomic E-state index is 16.8. The summed E-state index contributed by atoms with van der Waals surface area (Å²) in [5.74, 6) is -4.82. The van der Waals surface area contributed by atoms with Crippen molar-refractivity contribution in [2.75, 3.05) is 37.7 Å². The van der Waals surface area contributed by atoms with Gasteiger partial charge in [0.2, 0.25) is 0 Å². The second-order valence-corrected chi connectivity index (χ2v) is 13.3. The summed E-state index contributed by atoms with van der Waals surface area (Å²) in [6, 6.07) is 5.36. The Hall–Kier alpha value is -3.84. The largest absolute Gasteiger partial charge is 0.508 e. The van der Waals surface area contributed by atoms with Crippen LogP contribution in [-0.4, -0.2) is 86.1 Å². The highest BCUT2D eigenvalue weighted by molar-refractivity contribution is 6.01. The molecule has 3 fully saturated rings. The Morgan fingerprint density at radius 1 is 1.06 bits per heavy atom. The number of aliphatic hydroxyl groups is 1. The number of aromatic hydroxyl groups is 1. The predicted octanol–water partition coefficient (Wildman–Crippen LogP) is 6.33. The Morgan fingerprint density at radius 2 is 1.85 bits per heavy atom. The van der Waals surface area contributed by atoms with Crippen LogP contribution in [0.15, 0.2) is 30.5 Å². The van der Waals surface area contributed by atoms with Crippen molar-refractivity contribution in [3.63, 3.8) is 0 Å². The van der Waals surface area contributed by atoms with E-state index in [1.165, 1.54) is 35.4 Å². The van der Waals surface area contributed by atoms with Crippen LogP contribution in [-0.2, 0) is 6.42 Å². The van der Waals surface area contributed by atoms with Crippen LogP contribution in [0, 0.1) is 11.6 Å². The monoisotopic (exact) mass is 657 g/mol. The molecule has 0 spiro atoms. The highest BCUT2D eigenvalue weighted by Crippen LogP contribution is 2.43. The van der Waals surface area contributed by atoms with E-state index in [-0.39, 0.29) is 72.3 Å². The first kappa shape index (κ1) is 31.7. The van der Waals surface area contributed by atoms with E-state index in [1.807, 2.05) is 0 Å². The van der Waals surface area contributed by atoms with Crippen molar-refractivity contribution in [2.24, 2.45) is 0 Å². The van der Waals surface area contributed by atoms with E-state index in [0.29, 0.717) is 35.7 Å². The van der Waals surface area contributed by atoms with E-state index in [2.05, 4.69) is 19.9 Å². The fourth-order valence-corrected chi connectivity index (χ4v) is 7.60. The van der Waals surface area contributed by atoms with Crippen LogP contribution in [0.2, 0.25) is 0 Å². The van der Waals surface area contributed by atoms with Gasteiger partial charge >= 0.3 is 6.01 Å². The fraction of sp³-hybridized carbons (Fsp3) is 0.500. The van der Waals surface area contributed by atoms with Crippen molar-refractivity contribution in [3.8, 4) is 23.0 Å². The molecule has 0 aliphatic carbocycles. The van der Waals surface area contributed by atoms with Crippen molar-refractivity contribution in [1.29, 1.82) is 0 Å². The van der Waals surface area contributed by atoms with Gasteiger partial charge < -0.3 is 19.8 Å². The summed E-state index contributed by atoms with van der Waals surface area (Å²) in [6.07, 6.45) is 1.54. The quantitative estimate of drug-likeness (QED) is 0.233. The molecule has 1 unspecified atom stereocenters. The fourth-order valence-electron chi connectivity index (χ4n) is 7.60. The van der Waals surface area contributed by atoms with Gasteiger partial charge in [-0.2, -0.15) is 9.97 Å². The lowest BCUT2D eigenvalue weighted by Gasteiger charge is -2.31. The first-order valence-corrected chi connectivity index (χ1v) is 16.0. The molecular weight excluding hydrogens is 621 g/mol. The molecule has 8 nitrogen and oxygen atoms in total. The Labute approximate surface area is 268 Å². The number of pyridine rings is 1. The first-order chi connectivity index (χ1) is 22.3. The highest BCUT2D eigenvalue weighted by atomic mass is 19.3. The topological polar surface area (TPSA) is 94.8 Å². The number of aromatic nitrogens is 3. The molecule has 47 heavy (non-hydrogen) atoms. The number of hydrogen-bond acceptors (Lipinski definition) is 8. The molecule has 0 radical (unpaired) electrons. The lowest BCUT2D eigenvalue weighted by molar-refractivity contribution is -0.171. The van der Waals surface area contributed by atoms with Crippen molar-refractivity contribution >= 4 is 27.5 Å². The lowest BCUT2D eigenvalue weighted by Crippen LogP contribution is -2.45. The molecule has 3 saturated heterocycles. The molecule has 2 aromatic heterocycles. The van der Waals surface area contributed by atoms with E-state index in [4.69, 9.17) is 4.74 Å². The second kappa shape index (κ2) is 11.4. The Kier molecular flexibility index (Phi) is 7.70. The number of hydrogen-bond donors (Lipinski definition) is 2. The van der Waals surface area contributed by atoms with Crippen LogP contribution in [0.25, 0.3) is 32.9 Å². The van der Waals surface area contributed by atoms with Crippen molar-refractivity contribution in [3.05, 3.63) is 47.7 Å². The minimum Gasteiger partial charge on any atom is -0.508 e. The molecule has 4 aromatic rings. The molecule has 13 heteroatoms. The number of fused-ring (bicyclic) bond motifs is 3. The normalized spacial score (nSPS) is 26.2. The van der Waals surface area contributed by atoms with Crippen LogP contribution in [0.3, 0.4) is 0 Å². The minimum absolute atomic E-state index is 0.0188. The van der Waals surface area contributed by atoms with Gasteiger partial charge in [0.15, 0.2) is 5.82 Å². The van der Waals surface area contributed by atoms with E-state index in [1.54, 1.807) is 6.92 Å². The number of benzene rings is 2. The molecule has 0 saturated carbocycles. The van der Waals surface area contributed by atoms with Gasteiger partial charge in [0.1, 0.15) is 47.0 Å². The van der Waals surface area contributed by atoms with Gasteiger partial charge in [-0.05, 0) is 73.7 Å². The molecular formula is C34H36F5N5O3. The summed E-state index contributed by atoms with van der Waals surface area (Å²) in [6.45, 7) is 3.74. The average Bonchev–Trinajstić information content (AvgIpc) is 3.52. The molecule has 0 amide bonds. The summed E-state index contributed by atoms with van der Waals surface area (Å²) in [5.41, 5.74) is -2.74. The zero-order valence-corrected chi connectivity index (χ0v) is 26.2. The lowest BCUT2D eigenvalue weighted by atomic mass is 9.93. The van der Waals surface area contributed by atoms with Gasteiger partial charge in [-0.3, -0.25) is 9.88 Å². The van der Waals surface area contributed by atoms with Crippen LogP contribution in [0.4, 0.5) is 27.8 Å². The smallest absolute Gasteiger partial charge is 0.319 e. The van der Waals surface area contributed by atoms with Gasteiger partial charge in [-0.15, -0.1) is 0 Å². The second-order valence-electron chi connectivity index (χ2n) is 13.3. The molecule has 0 bridgehead atoms. The molecule has 250 valence electrons. The summed E-state index contributed by atoms with van der Waals surface area (Å²) < 4.78 is 82.0. The van der Waals surface area contributed by atoms with E-state index < -0.39 is 41.3 Å². The van der Waals surface area contributed by atoms with Crippen molar-refractivity contribution in [2.45, 2.75) is 75.6 Å². The van der Waals surface area contributed by atoms with Gasteiger partial charge in [-0.25, -0.2) is 22.0 Å². The van der Waals surface area contributed by atoms with Gasteiger partial charge in [-0.1, -0.05) is 13.0 Å². The van der Waals surface area contributed by atoms with Crippen LogP contribution in [0.1, 0.15) is 51.5 Å². The van der Waals surface area contributed by atoms with Crippen molar-refractivity contribution < 1.29 is 36.9 Å². The van der Waals surface area contributed by atoms with E-state index in [0.717, 1.165) is 19.9 Å². The number of ether oxygens (including phenoxy) is 1. The number of alkyl halides is 3. The van der Waals surface area contributed by atoms with Crippen molar-refractivity contribution in [1.82, 2.24) is 19.9 Å². The number of rotatable bonds is 6. The predicted molar refractivity (Wildman–Crippen MR) is 167 cm³/mol. The van der Waals surface area contributed by atoms with Crippen LogP contribution >= 0.6 is 0 Å². The maximum Gasteiger partial charge on any atom is 0.319 e. The maximum atomic E-state index is 16.8. The third-order valence-electron chi connectivity index (χ3n) is 10.3. The third-order valence-corrected chi connectivity index (χ3v) is 10.3. The minimum atomic E-state index is -3.38. The molecule has 3 aliphatic rings. The summed E-state index contributed by atoms with van der Waals surface area (Å²) >= 11 is 0. The molecule has 5 heterocycles. The van der Waals surface area contributed by atoms with Crippen LogP contribution < -0.4 is 9.64 Å². The summed E-state index contributed by atoms with van der Waals surface area (Å²) in [5, 5.41) is 22.1. The standard InChI is InChI=1S/C34H36F5N5O3/c1-3-22-25(36)6-5-19-13-21(45)14-23(26(19)22)28-27(37)29-24(16-40-28)30(43-11-8-32(2,46)34(38,39)9-12-43)42-31(41-29)47-18-33-7-4-10-44(33)17-20(35)15-33/h5-6,13-14,16,20,45-46H,3-4,7-12,15,17-18H2,1-2H3/t20-,32?,33+/m1/s1. The van der Waals surface area contributed by atoms with Gasteiger partial charge in [0.25, 0.3) is 5.92 Å². The Morgan fingerprint density at radius 3 is 2.64 bits per heavy atom. The summed E-state index contributed by atoms with van der Waals surface area (Å²) in [7, 11) is 0. The highest BCUT2D eigenvalue weighted by Gasteiger charge is 2.51. The first-order valence-electron chi connectivity index (χ1n) is 16.0. The molecule has 3 atom stereocenters. The van der Waals surface area contributed by atoms with Crippen LogP contribution in [0.5, 0.6) is 11.8 Å². The average molecular weight is 658 g/mol. The molecule has 7 rings (SSSR count). The Bertz CT molecular complexity index is 1860. The zero-order chi connectivity index (χ0) is 33.3. The SMILES string of the molecule is CCc1c(F)ccc2cc(O)cc(-c3ncc4c(N5CCC(C)(O)C(F)(F)CC5)nc(OC[C@@]56CCCN5C[C@H](F)C6)nc4c3F)c12. The van der Waals surface area contributed by atoms with E-state index >= 15 is 4.39 Å². The number of aryl methyl sites for hydroxylation is 1. The number of anilines is 1. The number of phenolic OH excluding ortho intramolecular Hbond substituents is 1. The summed E-state index contributed by atoms with van der Waals surface area (Å²) in [4.78, 5) is 17.0.